The first-order valence-electron chi connectivity index (χ1n) is 12.5. The number of rotatable bonds is 10. The van der Waals surface area contributed by atoms with E-state index in [1.807, 2.05) is 24.0 Å². The lowest BCUT2D eigenvalue weighted by molar-refractivity contribution is -0.155. The number of carboxylic acid groups (broad SMARTS) is 1. The third-order valence-corrected chi connectivity index (χ3v) is 8.65. The molecular formula is C28H37NO3S. The SMILES string of the molecule is CC(C)(CCC(OC1CCCC1)C(=O)O)c1ccc(-c2cccnc2SC2CCCC2)cc1. The molecule has 2 aliphatic rings. The number of pyridine rings is 1. The van der Waals surface area contributed by atoms with Crippen LogP contribution < -0.4 is 0 Å². The highest BCUT2D eigenvalue weighted by Gasteiger charge is 2.29. The fourth-order valence-electron chi connectivity index (χ4n) is 5.11. The molecule has 2 fully saturated rings. The Morgan fingerprint density at radius 3 is 2.42 bits per heavy atom. The molecule has 0 amide bonds. The van der Waals surface area contributed by atoms with E-state index in [2.05, 4.69) is 44.2 Å². The molecule has 2 saturated carbocycles. The van der Waals surface area contributed by atoms with Crippen LogP contribution in [-0.4, -0.2) is 33.5 Å². The molecule has 33 heavy (non-hydrogen) atoms. The van der Waals surface area contributed by atoms with Crippen molar-refractivity contribution in [3.63, 3.8) is 0 Å². The molecule has 0 aliphatic heterocycles. The van der Waals surface area contributed by atoms with E-state index < -0.39 is 12.1 Å². The van der Waals surface area contributed by atoms with Crippen LogP contribution in [-0.2, 0) is 14.9 Å². The van der Waals surface area contributed by atoms with Crippen molar-refractivity contribution in [2.45, 2.75) is 106 Å². The normalized spacial score (nSPS) is 18.6. The van der Waals surface area contributed by atoms with Gasteiger partial charge in [0.05, 0.1) is 6.10 Å². The topological polar surface area (TPSA) is 59.4 Å². The largest absolute Gasteiger partial charge is 0.479 e. The maximum absolute atomic E-state index is 11.8. The van der Waals surface area contributed by atoms with Crippen LogP contribution in [0.15, 0.2) is 47.6 Å². The molecule has 5 heteroatoms. The van der Waals surface area contributed by atoms with Crippen LogP contribution in [0.5, 0.6) is 0 Å². The first kappa shape index (κ1) is 24.3. The summed E-state index contributed by atoms with van der Waals surface area (Å²) in [6.45, 7) is 4.39. The van der Waals surface area contributed by atoms with Crippen molar-refractivity contribution in [3.05, 3.63) is 48.2 Å². The number of carbonyl (C=O) groups is 1. The maximum Gasteiger partial charge on any atom is 0.332 e. The zero-order valence-electron chi connectivity index (χ0n) is 20.0. The van der Waals surface area contributed by atoms with E-state index in [1.165, 1.54) is 42.4 Å². The van der Waals surface area contributed by atoms with Crippen LogP contribution in [0.3, 0.4) is 0 Å². The van der Waals surface area contributed by atoms with Crippen LogP contribution in [0, 0.1) is 0 Å². The van der Waals surface area contributed by atoms with Gasteiger partial charge in [-0.05, 0) is 61.1 Å². The Morgan fingerprint density at radius 2 is 1.76 bits per heavy atom. The molecule has 1 heterocycles. The van der Waals surface area contributed by atoms with Crippen LogP contribution in [0.1, 0.15) is 83.6 Å². The van der Waals surface area contributed by atoms with Gasteiger partial charge < -0.3 is 9.84 Å². The summed E-state index contributed by atoms with van der Waals surface area (Å²) in [5.74, 6) is -0.836. The van der Waals surface area contributed by atoms with Crippen molar-refractivity contribution >= 4 is 17.7 Å². The number of nitrogens with zero attached hydrogens (tertiary/aromatic N) is 1. The second kappa shape index (κ2) is 11.1. The van der Waals surface area contributed by atoms with Gasteiger partial charge in [0.2, 0.25) is 0 Å². The summed E-state index contributed by atoms with van der Waals surface area (Å²) < 4.78 is 5.94. The number of hydrogen-bond acceptors (Lipinski definition) is 4. The van der Waals surface area contributed by atoms with E-state index in [1.54, 1.807) is 0 Å². The van der Waals surface area contributed by atoms with Crippen molar-refractivity contribution in [1.29, 1.82) is 0 Å². The van der Waals surface area contributed by atoms with Crippen molar-refractivity contribution < 1.29 is 14.6 Å². The highest BCUT2D eigenvalue weighted by molar-refractivity contribution is 8.00. The zero-order chi connectivity index (χ0) is 23.3. The predicted molar refractivity (Wildman–Crippen MR) is 135 cm³/mol. The average Bonchev–Trinajstić information content (AvgIpc) is 3.51. The lowest BCUT2D eigenvalue weighted by Gasteiger charge is -2.28. The van der Waals surface area contributed by atoms with E-state index >= 15 is 0 Å². The quantitative estimate of drug-likeness (QED) is 0.399. The van der Waals surface area contributed by atoms with Gasteiger partial charge in [-0.25, -0.2) is 9.78 Å². The molecule has 1 atom stereocenters. The van der Waals surface area contributed by atoms with Crippen LogP contribution in [0.25, 0.3) is 11.1 Å². The second-order valence-electron chi connectivity index (χ2n) is 10.2. The third-order valence-electron chi connectivity index (χ3n) is 7.29. The summed E-state index contributed by atoms with van der Waals surface area (Å²) in [5, 5.41) is 11.5. The molecule has 0 saturated heterocycles. The summed E-state index contributed by atoms with van der Waals surface area (Å²) in [4.78, 5) is 16.5. The Labute approximate surface area is 202 Å². The highest BCUT2D eigenvalue weighted by Crippen LogP contribution is 2.39. The molecule has 1 aromatic heterocycles. The van der Waals surface area contributed by atoms with Gasteiger partial charge in [0.25, 0.3) is 0 Å². The number of aliphatic carboxylic acids is 1. The Bertz CT molecular complexity index is 915. The monoisotopic (exact) mass is 467 g/mol. The number of thioether (sulfide) groups is 1. The van der Waals surface area contributed by atoms with Gasteiger partial charge in [0, 0.05) is 17.0 Å². The Balaban J connectivity index is 1.42. The predicted octanol–water partition coefficient (Wildman–Crippen LogP) is 7.25. The summed E-state index contributed by atoms with van der Waals surface area (Å²) in [7, 11) is 0. The van der Waals surface area contributed by atoms with E-state index in [0.29, 0.717) is 11.7 Å². The summed E-state index contributed by atoms with van der Waals surface area (Å²) in [5.41, 5.74) is 3.50. The fourth-order valence-corrected chi connectivity index (χ4v) is 6.43. The van der Waals surface area contributed by atoms with Crippen molar-refractivity contribution in [2.24, 2.45) is 0 Å². The number of benzene rings is 1. The Hall–Kier alpha value is -1.85. The minimum absolute atomic E-state index is 0.115. The maximum atomic E-state index is 11.8. The number of aromatic nitrogens is 1. The smallest absolute Gasteiger partial charge is 0.332 e. The van der Waals surface area contributed by atoms with Gasteiger partial charge in [0.15, 0.2) is 6.10 Å². The summed E-state index contributed by atoms with van der Waals surface area (Å²) >= 11 is 1.93. The molecule has 178 valence electrons. The minimum atomic E-state index is -0.836. The molecule has 0 bridgehead atoms. The van der Waals surface area contributed by atoms with E-state index in [4.69, 9.17) is 9.72 Å². The first-order chi connectivity index (χ1) is 15.9. The van der Waals surface area contributed by atoms with Gasteiger partial charge >= 0.3 is 5.97 Å². The molecule has 4 nitrogen and oxygen atoms in total. The van der Waals surface area contributed by atoms with Gasteiger partial charge in [0.1, 0.15) is 5.03 Å². The van der Waals surface area contributed by atoms with Gasteiger partial charge in [-0.15, -0.1) is 11.8 Å². The van der Waals surface area contributed by atoms with Gasteiger partial charge in [-0.3, -0.25) is 0 Å². The lowest BCUT2D eigenvalue weighted by atomic mass is 9.79. The number of hydrogen-bond donors (Lipinski definition) is 1. The zero-order valence-corrected chi connectivity index (χ0v) is 20.8. The summed E-state index contributed by atoms with van der Waals surface area (Å²) in [6, 6.07) is 13.0. The molecule has 0 spiro atoms. The molecule has 4 rings (SSSR count). The van der Waals surface area contributed by atoms with E-state index in [0.717, 1.165) is 37.1 Å². The average molecular weight is 468 g/mol. The Kier molecular flexibility index (Phi) is 8.13. The molecule has 0 radical (unpaired) electrons. The third kappa shape index (κ3) is 6.39. The van der Waals surface area contributed by atoms with Crippen LogP contribution in [0.4, 0.5) is 0 Å². The summed E-state index contributed by atoms with van der Waals surface area (Å²) in [6.07, 6.45) is 12.1. The van der Waals surface area contributed by atoms with Gasteiger partial charge in [-0.1, -0.05) is 69.9 Å². The molecule has 1 N–H and O–H groups in total. The Morgan fingerprint density at radius 1 is 1.09 bits per heavy atom. The lowest BCUT2D eigenvalue weighted by Crippen LogP contribution is -2.30. The number of carboxylic acids is 1. The van der Waals surface area contributed by atoms with Crippen molar-refractivity contribution in [2.75, 3.05) is 0 Å². The number of ether oxygens (including phenoxy) is 1. The van der Waals surface area contributed by atoms with E-state index in [-0.39, 0.29) is 11.5 Å². The standard InChI is InChI=1S/C28H37NO3S/c1-28(2,18-17-25(27(30)31)32-22-8-3-4-9-22)21-15-13-20(14-16-21)24-12-7-19-29-26(24)33-23-10-5-6-11-23/h7,12-16,19,22-23,25H,3-6,8-11,17-18H2,1-2H3,(H,30,31). The second-order valence-corrected chi connectivity index (χ2v) is 11.5. The molecule has 2 aliphatic carbocycles. The molecular weight excluding hydrogens is 430 g/mol. The molecule has 1 aromatic carbocycles. The van der Waals surface area contributed by atoms with Crippen molar-refractivity contribution in [3.8, 4) is 11.1 Å². The molecule has 1 unspecified atom stereocenters. The fraction of sp³-hybridized carbons (Fsp3) is 0.571. The van der Waals surface area contributed by atoms with Gasteiger partial charge in [-0.2, -0.15) is 0 Å². The first-order valence-corrected chi connectivity index (χ1v) is 13.4. The van der Waals surface area contributed by atoms with Crippen molar-refractivity contribution in [1.82, 2.24) is 4.98 Å². The highest BCUT2D eigenvalue weighted by atomic mass is 32.2. The van der Waals surface area contributed by atoms with E-state index in [9.17, 15) is 9.90 Å². The van der Waals surface area contributed by atoms with Crippen LogP contribution >= 0.6 is 11.8 Å². The minimum Gasteiger partial charge on any atom is -0.479 e. The molecule has 2 aromatic rings. The van der Waals surface area contributed by atoms with Crippen LogP contribution in [0.2, 0.25) is 0 Å².